The summed E-state index contributed by atoms with van der Waals surface area (Å²) in [4.78, 5) is 29.3. The molecule has 0 aliphatic carbocycles. The maximum Gasteiger partial charge on any atom is 0.263 e. The van der Waals surface area contributed by atoms with Crippen LogP contribution in [-0.4, -0.2) is 47.3 Å². The van der Waals surface area contributed by atoms with E-state index in [2.05, 4.69) is 31.3 Å². The number of aliphatic imine (C=N–C) groups is 1. The normalized spacial score (nSPS) is 19.1. The third-order valence-electron chi connectivity index (χ3n) is 4.30. The molecular formula is C20H17BrN4O4S. The van der Waals surface area contributed by atoms with Gasteiger partial charge < -0.3 is 14.8 Å². The minimum Gasteiger partial charge on any atom is -0.454 e. The fourth-order valence-corrected chi connectivity index (χ4v) is 4.54. The Labute approximate surface area is 185 Å². The molecule has 0 saturated carbocycles. The summed E-state index contributed by atoms with van der Waals surface area (Å²) in [7, 11) is 1.59. The number of ether oxygens (including phenoxy) is 2. The molecule has 2 aromatic rings. The van der Waals surface area contributed by atoms with Gasteiger partial charge in [0.1, 0.15) is 5.25 Å². The zero-order valence-corrected chi connectivity index (χ0v) is 18.3. The highest BCUT2D eigenvalue weighted by molar-refractivity contribution is 9.10. The van der Waals surface area contributed by atoms with Crippen molar-refractivity contribution in [2.45, 2.75) is 11.7 Å². The number of hydrogen-bond donors (Lipinski definition) is 1. The fourth-order valence-electron chi connectivity index (χ4n) is 2.93. The lowest BCUT2D eigenvalue weighted by atomic mass is 10.2. The number of thioether (sulfide) groups is 1. The van der Waals surface area contributed by atoms with Crippen molar-refractivity contribution in [2.24, 2.45) is 10.1 Å². The third kappa shape index (κ3) is 4.34. The SMILES string of the molecule is CN=C1SC(CC(=O)Nc2ccccc2)C(=O)N1N=Cc1cc(Br)c2c(c1)OCO2. The molecule has 154 valence electrons. The number of para-hydroxylation sites is 1. The number of benzene rings is 2. The molecule has 0 radical (unpaired) electrons. The molecule has 0 aromatic heterocycles. The number of amidine groups is 1. The second-order valence-corrected chi connectivity index (χ2v) is 8.39. The molecule has 1 unspecified atom stereocenters. The first kappa shape index (κ1) is 20.4. The summed E-state index contributed by atoms with van der Waals surface area (Å²) in [6.07, 6.45) is 1.57. The van der Waals surface area contributed by atoms with E-state index in [-0.39, 0.29) is 25.0 Å². The number of carbonyl (C=O) groups excluding carboxylic acids is 2. The lowest BCUT2D eigenvalue weighted by Crippen LogP contribution is -2.29. The second-order valence-electron chi connectivity index (χ2n) is 6.36. The lowest BCUT2D eigenvalue weighted by molar-refractivity contribution is -0.128. The molecule has 1 fully saturated rings. The van der Waals surface area contributed by atoms with E-state index in [1.54, 1.807) is 31.5 Å². The first-order chi connectivity index (χ1) is 14.5. The van der Waals surface area contributed by atoms with E-state index < -0.39 is 5.25 Å². The molecule has 0 spiro atoms. The predicted octanol–water partition coefficient (Wildman–Crippen LogP) is 3.47. The molecule has 1 saturated heterocycles. The van der Waals surface area contributed by atoms with E-state index in [9.17, 15) is 9.59 Å². The average molecular weight is 489 g/mol. The Morgan fingerprint density at radius 2 is 2.13 bits per heavy atom. The molecular weight excluding hydrogens is 472 g/mol. The molecule has 2 amide bonds. The number of hydrazone groups is 1. The standard InChI is InChI=1S/C20H17BrN4O4S/c1-22-20-25(23-10-12-7-14(21)18-15(8-12)28-11-29-18)19(27)16(30-20)9-17(26)24-13-5-3-2-4-6-13/h2-8,10,16H,9,11H2,1H3,(H,24,26). The van der Waals surface area contributed by atoms with Crippen LogP contribution in [0, 0.1) is 0 Å². The number of anilines is 1. The largest absolute Gasteiger partial charge is 0.454 e. The highest BCUT2D eigenvalue weighted by atomic mass is 79.9. The van der Waals surface area contributed by atoms with Gasteiger partial charge in [0.15, 0.2) is 16.7 Å². The Balaban J connectivity index is 1.45. The summed E-state index contributed by atoms with van der Waals surface area (Å²) in [5.41, 5.74) is 1.41. The van der Waals surface area contributed by atoms with E-state index in [1.807, 2.05) is 24.3 Å². The molecule has 2 aliphatic heterocycles. The summed E-state index contributed by atoms with van der Waals surface area (Å²) in [6, 6.07) is 12.7. The van der Waals surface area contributed by atoms with Crippen LogP contribution in [-0.2, 0) is 9.59 Å². The molecule has 30 heavy (non-hydrogen) atoms. The quantitative estimate of drug-likeness (QED) is 0.650. The van der Waals surface area contributed by atoms with Gasteiger partial charge in [-0.3, -0.25) is 14.6 Å². The van der Waals surface area contributed by atoms with Crippen LogP contribution in [0.2, 0.25) is 0 Å². The van der Waals surface area contributed by atoms with Crippen LogP contribution in [0.3, 0.4) is 0 Å². The maximum atomic E-state index is 12.8. The minimum atomic E-state index is -0.590. The number of nitrogens with one attached hydrogen (secondary N) is 1. The molecule has 10 heteroatoms. The zero-order valence-electron chi connectivity index (χ0n) is 15.9. The third-order valence-corrected chi connectivity index (χ3v) is 6.11. The number of rotatable bonds is 5. The smallest absolute Gasteiger partial charge is 0.263 e. The van der Waals surface area contributed by atoms with Gasteiger partial charge in [0.2, 0.25) is 12.7 Å². The summed E-state index contributed by atoms with van der Waals surface area (Å²) in [6.45, 7) is 0.162. The predicted molar refractivity (Wildman–Crippen MR) is 119 cm³/mol. The van der Waals surface area contributed by atoms with Crippen molar-refractivity contribution in [3.8, 4) is 11.5 Å². The Kier molecular flexibility index (Phi) is 6.05. The minimum absolute atomic E-state index is 0.0268. The van der Waals surface area contributed by atoms with Gasteiger partial charge in [0.05, 0.1) is 10.7 Å². The van der Waals surface area contributed by atoms with Crippen molar-refractivity contribution in [3.63, 3.8) is 0 Å². The van der Waals surface area contributed by atoms with Crippen molar-refractivity contribution in [1.82, 2.24) is 5.01 Å². The van der Waals surface area contributed by atoms with E-state index in [0.29, 0.717) is 22.4 Å². The Morgan fingerprint density at radius 1 is 1.33 bits per heavy atom. The Hall–Kier alpha value is -2.85. The lowest BCUT2D eigenvalue weighted by Gasteiger charge is -2.10. The Morgan fingerprint density at radius 3 is 2.90 bits per heavy atom. The first-order valence-corrected chi connectivity index (χ1v) is 10.7. The van der Waals surface area contributed by atoms with Gasteiger partial charge in [-0.25, -0.2) is 0 Å². The van der Waals surface area contributed by atoms with Crippen LogP contribution >= 0.6 is 27.7 Å². The van der Waals surface area contributed by atoms with Gasteiger partial charge in [-0.2, -0.15) is 10.1 Å². The van der Waals surface area contributed by atoms with Gasteiger partial charge in [-0.1, -0.05) is 30.0 Å². The van der Waals surface area contributed by atoms with Gasteiger partial charge in [-0.15, -0.1) is 0 Å². The number of fused-ring (bicyclic) bond motifs is 1. The maximum absolute atomic E-state index is 12.8. The highest BCUT2D eigenvalue weighted by Gasteiger charge is 2.39. The van der Waals surface area contributed by atoms with Gasteiger partial charge in [0.25, 0.3) is 5.91 Å². The number of hydrogen-bond acceptors (Lipinski definition) is 7. The number of carbonyl (C=O) groups is 2. The van der Waals surface area contributed by atoms with Crippen LogP contribution < -0.4 is 14.8 Å². The Bertz CT molecular complexity index is 1040. The zero-order chi connectivity index (χ0) is 21.1. The van der Waals surface area contributed by atoms with Crippen LogP contribution in [0.1, 0.15) is 12.0 Å². The summed E-state index contributed by atoms with van der Waals surface area (Å²) < 4.78 is 11.5. The van der Waals surface area contributed by atoms with Crippen LogP contribution in [0.5, 0.6) is 11.5 Å². The van der Waals surface area contributed by atoms with Crippen LogP contribution in [0.4, 0.5) is 5.69 Å². The molecule has 1 N–H and O–H groups in total. The molecule has 4 rings (SSSR count). The van der Waals surface area contributed by atoms with E-state index >= 15 is 0 Å². The molecule has 2 aromatic carbocycles. The second kappa shape index (κ2) is 8.88. The monoisotopic (exact) mass is 488 g/mol. The van der Waals surface area contributed by atoms with E-state index in [0.717, 1.165) is 10.0 Å². The van der Waals surface area contributed by atoms with E-state index in [1.165, 1.54) is 16.8 Å². The summed E-state index contributed by atoms with van der Waals surface area (Å²) in [5.74, 6) is 0.709. The molecule has 2 aliphatic rings. The van der Waals surface area contributed by atoms with Crippen molar-refractivity contribution in [2.75, 3.05) is 19.2 Å². The van der Waals surface area contributed by atoms with Crippen molar-refractivity contribution < 1.29 is 19.1 Å². The summed E-state index contributed by atoms with van der Waals surface area (Å²) >= 11 is 4.66. The molecule has 0 bridgehead atoms. The van der Waals surface area contributed by atoms with Crippen molar-refractivity contribution in [3.05, 3.63) is 52.5 Å². The average Bonchev–Trinajstić information content (AvgIpc) is 3.32. The van der Waals surface area contributed by atoms with Crippen LogP contribution in [0.15, 0.2) is 57.0 Å². The number of amides is 2. The van der Waals surface area contributed by atoms with Crippen molar-refractivity contribution >= 4 is 56.6 Å². The van der Waals surface area contributed by atoms with Gasteiger partial charge >= 0.3 is 0 Å². The fraction of sp³-hybridized carbons (Fsp3) is 0.200. The number of halogens is 1. The van der Waals surface area contributed by atoms with Gasteiger partial charge in [0, 0.05) is 19.2 Å². The molecule has 1 atom stereocenters. The number of nitrogens with zero attached hydrogens (tertiary/aromatic N) is 3. The van der Waals surface area contributed by atoms with Crippen LogP contribution in [0.25, 0.3) is 0 Å². The highest BCUT2D eigenvalue weighted by Crippen LogP contribution is 2.39. The molecule has 8 nitrogen and oxygen atoms in total. The van der Waals surface area contributed by atoms with E-state index in [4.69, 9.17) is 9.47 Å². The summed E-state index contributed by atoms with van der Waals surface area (Å²) in [5, 5.41) is 8.16. The topological polar surface area (TPSA) is 92.6 Å². The van der Waals surface area contributed by atoms with Crippen molar-refractivity contribution in [1.29, 1.82) is 0 Å². The molecule has 2 heterocycles. The van der Waals surface area contributed by atoms with Gasteiger partial charge in [-0.05, 0) is 45.8 Å². The first-order valence-electron chi connectivity index (χ1n) is 9.00.